The summed E-state index contributed by atoms with van der Waals surface area (Å²) in [5.41, 5.74) is 1.07. The molecular formula is C13H18O. The summed E-state index contributed by atoms with van der Waals surface area (Å²) in [5.74, 6) is 0.788. The van der Waals surface area contributed by atoms with Crippen molar-refractivity contribution in [3.8, 4) is 0 Å². The summed E-state index contributed by atoms with van der Waals surface area (Å²) in [4.78, 5) is 12.1. The van der Waals surface area contributed by atoms with Crippen LogP contribution in [0.3, 0.4) is 0 Å². The molecular weight excluding hydrogens is 172 g/mol. The fraction of sp³-hybridized carbons (Fsp3) is 0.615. The maximum Gasteiger partial charge on any atom is 0.161 e. The minimum atomic E-state index is 0.349. The molecule has 0 atom stereocenters. The van der Waals surface area contributed by atoms with Crippen LogP contribution in [0.5, 0.6) is 0 Å². The van der Waals surface area contributed by atoms with Gasteiger partial charge in [-0.1, -0.05) is 37.5 Å². The molecule has 0 N–H and O–H groups in total. The summed E-state index contributed by atoms with van der Waals surface area (Å²) in [6.45, 7) is 0. The van der Waals surface area contributed by atoms with Gasteiger partial charge >= 0.3 is 0 Å². The van der Waals surface area contributed by atoms with E-state index in [0.29, 0.717) is 11.7 Å². The molecule has 0 aromatic heterocycles. The van der Waals surface area contributed by atoms with Crippen molar-refractivity contribution in [2.45, 2.75) is 44.9 Å². The third kappa shape index (κ3) is 2.14. The number of allylic oxidation sites excluding steroid dienone is 4. The van der Waals surface area contributed by atoms with E-state index >= 15 is 0 Å². The molecule has 0 saturated heterocycles. The fourth-order valence-corrected chi connectivity index (χ4v) is 2.43. The Morgan fingerprint density at radius 1 is 1.21 bits per heavy atom. The summed E-state index contributed by atoms with van der Waals surface area (Å²) < 4.78 is 0. The fourth-order valence-electron chi connectivity index (χ4n) is 2.43. The van der Waals surface area contributed by atoms with Gasteiger partial charge in [0.25, 0.3) is 0 Å². The highest BCUT2D eigenvalue weighted by atomic mass is 16.1. The maximum absolute atomic E-state index is 12.1. The van der Waals surface area contributed by atoms with Crippen molar-refractivity contribution in [2.75, 3.05) is 0 Å². The maximum atomic E-state index is 12.1. The Morgan fingerprint density at radius 3 is 2.64 bits per heavy atom. The molecule has 1 heteroatoms. The van der Waals surface area contributed by atoms with Crippen LogP contribution in [0.2, 0.25) is 0 Å². The van der Waals surface area contributed by atoms with Gasteiger partial charge in [0.05, 0.1) is 0 Å². The number of ketones is 1. The molecule has 0 spiro atoms. The highest BCUT2D eigenvalue weighted by Gasteiger charge is 2.23. The number of hydrogen-bond acceptors (Lipinski definition) is 1. The molecule has 1 saturated carbocycles. The van der Waals surface area contributed by atoms with Gasteiger partial charge in [-0.25, -0.2) is 0 Å². The van der Waals surface area contributed by atoms with Gasteiger partial charge in [-0.3, -0.25) is 4.79 Å². The Hall–Kier alpha value is -0.850. The van der Waals surface area contributed by atoms with E-state index in [1.807, 2.05) is 12.2 Å². The quantitative estimate of drug-likeness (QED) is 0.652. The minimum absolute atomic E-state index is 0.349. The van der Waals surface area contributed by atoms with E-state index in [-0.39, 0.29) is 0 Å². The summed E-state index contributed by atoms with van der Waals surface area (Å²) in [6, 6.07) is 0. The Bertz CT molecular complexity index is 267. The first-order valence-electron chi connectivity index (χ1n) is 5.78. The summed E-state index contributed by atoms with van der Waals surface area (Å²) in [5, 5.41) is 0. The average molecular weight is 190 g/mol. The standard InChI is InChI=1S/C13H18O/c14-13(11-7-3-1-4-8-11)12-9-5-2-6-10-12/h1,3,7,12H,2,4-6,8-10H2. The molecule has 0 aromatic rings. The zero-order valence-electron chi connectivity index (χ0n) is 8.67. The van der Waals surface area contributed by atoms with Crippen molar-refractivity contribution in [1.82, 2.24) is 0 Å². The van der Waals surface area contributed by atoms with Crippen LogP contribution in [0.25, 0.3) is 0 Å². The molecule has 0 amide bonds. The SMILES string of the molecule is O=C(C1=CC=CCC1)C1CCCCC1. The summed E-state index contributed by atoms with van der Waals surface area (Å²) in [6.07, 6.45) is 14.3. The largest absolute Gasteiger partial charge is 0.294 e. The van der Waals surface area contributed by atoms with Gasteiger partial charge in [0.1, 0.15) is 0 Å². The average Bonchev–Trinajstić information content (AvgIpc) is 2.30. The highest BCUT2D eigenvalue weighted by molar-refractivity contribution is 5.97. The predicted molar refractivity (Wildman–Crippen MR) is 58.0 cm³/mol. The Kier molecular flexibility index (Phi) is 3.18. The van der Waals surface area contributed by atoms with Crippen LogP contribution >= 0.6 is 0 Å². The molecule has 2 rings (SSSR count). The van der Waals surface area contributed by atoms with E-state index in [4.69, 9.17) is 0 Å². The number of hydrogen-bond donors (Lipinski definition) is 0. The van der Waals surface area contributed by atoms with E-state index in [1.165, 1.54) is 19.3 Å². The second kappa shape index (κ2) is 4.59. The van der Waals surface area contributed by atoms with E-state index in [2.05, 4.69) is 6.08 Å². The molecule has 0 aromatic carbocycles. The van der Waals surface area contributed by atoms with Gasteiger partial charge in [0.15, 0.2) is 5.78 Å². The monoisotopic (exact) mass is 190 g/mol. The predicted octanol–water partition coefficient (Wildman–Crippen LogP) is 3.41. The number of carbonyl (C=O) groups is 1. The third-order valence-corrected chi connectivity index (χ3v) is 3.31. The third-order valence-electron chi connectivity index (χ3n) is 3.31. The molecule has 0 bridgehead atoms. The van der Waals surface area contributed by atoms with Gasteiger partial charge in [-0.2, -0.15) is 0 Å². The van der Waals surface area contributed by atoms with Crippen LogP contribution in [-0.2, 0) is 4.79 Å². The highest BCUT2D eigenvalue weighted by Crippen LogP contribution is 2.28. The number of carbonyl (C=O) groups excluding carboxylic acids is 1. The van der Waals surface area contributed by atoms with Gasteiger partial charge < -0.3 is 0 Å². The van der Waals surface area contributed by atoms with Gasteiger partial charge in [0.2, 0.25) is 0 Å². The number of rotatable bonds is 2. The molecule has 2 aliphatic carbocycles. The zero-order chi connectivity index (χ0) is 9.80. The van der Waals surface area contributed by atoms with Gasteiger partial charge in [-0.05, 0) is 31.3 Å². The first kappa shape index (κ1) is 9.70. The Balaban J connectivity index is 1.99. The molecule has 1 nitrogen and oxygen atoms in total. The van der Waals surface area contributed by atoms with E-state index in [9.17, 15) is 4.79 Å². The van der Waals surface area contributed by atoms with E-state index in [0.717, 1.165) is 31.3 Å². The minimum Gasteiger partial charge on any atom is -0.294 e. The van der Waals surface area contributed by atoms with Crippen molar-refractivity contribution >= 4 is 5.78 Å². The van der Waals surface area contributed by atoms with Crippen molar-refractivity contribution < 1.29 is 4.79 Å². The Labute approximate surface area is 85.9 Å². The first-order chi connectivity index (χ1) is 6.88. The molecule has 0 radical (unpaired) electrons. The van der Waals surface area contributed by atoms with Crippen LogP contribution in [0.15, 0.2) is 23.8 Å². The van der Waals surface area contributed by atoms with Gasteiger partial charge in [-0.15, -0.1) is 0 Å². The topological polar surface area (TPSA) is 17.1 Å². The lowest BCUT2D eigenvalue weighted by molar-refractivity contribution is -0.120. The van der Waals surface area contributed by atoms with Crippen molar-refractivity contribution in [3.05, 3.63) is 23.8 Å². The number of Topliss-reactive ketones (excluding diaryl/α,β-unsaturated/α-hetero) is 1. The molecule has 0 heterocycles. The lowest BCUT2D eigenvalue weighted by atomic mass is 9.82. The van der Waals surface area contributed by atoms with Crippen molar-refractivity contribution in [3.63, 3.8) is 0 Å². The summed E-state index contributed by atoms with van der Waals surface area (Å²) in [7, 11) is 0. The van der Waals surface area contributed by atoms with E-state index in [1.54, 1.807) is 0 Å². The van der Waals surface area contributed by atoms with Crippen LogP contribution in [0.4, 0.5) is 0 Å². The van der Waals surface area contributed by atoms with E-state index < -0.39 is 0 Å². The first-order valence-corrected chi connectivity index (χ1v) is 5.78. The zero-order valence-corrected chi connectivity index (χ0v) is 8.67. The van der Waals surface area contributed by atoms with Crippen LogP contribution in [-0.4, -0.2) is 5.78 Å². The second-order valence-corrected chi connectivity index (χ2v) is 4.36. The second-order valence-electron chi connectivity index (χ2n) is 4.36. The summed E-state index contributed by atoms with van der Waals surface area (Å²) >= 11 is 0. The van der Waals surface area contributed by atoms with Crippen molar-refractivity contribution in [2.24, 2.45) is 5.92 Å². The van der Waals surface area contributed by atoms with Gasteiger partial charge in [0, 0.05) is 5.92 Å². The smallest absolute Gasteiger partial charge is 0.161 e. The lowest BCUT2D eigenvalue weighted by Crippen LogP contribution is -2.19. The van der Waals surface area contributed by atoms with Crippen LogP contribution in [0, 0.1) is 5.92 Å². The molecule has 1 fully saturated rings. The lowest BCUT2D eigenvalue weighted by Gasteiger charge is -2.21. The molecule has 2 aliphatic rings. The molecule has 0 unspecified atom stereocenters. The van der Waals surface area contributed by atoms with Crippen LogP contribution in [0.1, 0.15) is 44.9 Å². The molecule has 0 aliphatic heterocycles. The Morgan fingerprint density at radius 2 is 2.00 bits per heavy atom. The normalized spacial score (nSPS) is 23.3. The van der Waals surface area contributed by atoms with Crippen molar-refractivity contribution in [1.29, 1.82) is 0 Å². The molecule has 14 heavy (non-hydrogen) atoms. The molecule has 76 valence electrons. The van der Waals surface area contributed by atoms with Crippen LogP contribution < -0.4 is 0 Å².